The SMILES string of the molecule is N#[N+]c1ccc(S(N)(=O)=O)cc1O. The molecule has 0 atom stereocenters. The molecule has 0 heterocycles. The minimum atomic E-state index is -3.83. The number of aromatic hydroxyl groups is 1. The normalized spacial score (nSPS) is 10.8. The van der Waals surface area contributed by atoms with E-state index < -0.39 is 15.8 Å². The van der Waals surface area contributed by atoms with Gasteiger partial charge in [-0.05, 0) is 6.07 Å². The zero-order valence-corrected chi connectivity index (χ0v) is 7.19. The van der Waals surface area contributed by atoms with Crippen molar-refractivity contribution in [2.24, 2.45) is 5.14 Å². The monoisotopic (exact) mass is 200 g/mol. The third-order valence-electron chi connectivity index (χ3n) is 1.38. The number of rotatable bonds is 1. The van der Waals surface area contributed by atoms with E-state index in [0.717, 1.165) is 18.2 Å². The summed E-state index contributed by atoms with van der Waals surface area (Å²) in [5, 5.41) is 22.2. The number of nitrogens with two attached hydrogens (primary N) is 1. The van der Waals surface area contributed by atoms with Gasteiger partial charge in [-0.1, -0.05) is 0 Å². The number of sulfonamides is 1. The number of hydrogen-bond donors (Lipinski definition) is 2. The van der Waals surface area contributed by atoms with Gasteiger partial charge in [-0.15, -0.1) is 0 Å². The number of benzene rings is 1. The van der Waals surface area contributed by atoms with Crippen LogP contribution in [0.25, 0.3) is 4.98 Å². The van der Waals surface area contributed by atoms with Gasteiger partial charge in [0.1, 0.15) is 0 Å². The standard InChI is InChI=1S/C6H5N3O3S/c7-9-5-2-1-4(3-6(5)10)13(8,11)12/h1-3H,(H2-,8,10,11,12)/p+1. The third-order valence-corrected chi connectivity index (χ3v) is 2.29. The lowest BCUT2D eigenvalue weighted by Gasteiger charge is -1.95. The maximum absolute atomic E-state index is 10.8. The summed E-state index contributed by atoms with van der Waals surface area (Å²) in [7, 11) is -3.83. The quantitative estimate of drug-likeness (QED) is 0.644. The van der Waals surface area contributed by atoms with Crippen LogP contribution >= 0.6 is 0 Å². The smallest absolute Gasteiger partial charge is 0.426 e. The number of hydrogen-bond acceptors (Lipinski definition) is 4. The molecule has 1 aromatic carbocycles. The molecule has 3 N–H and O–H groups in total. The van der Waals surface area contributed by atoms with Crippen molar-refractivity contribution in [3.05, 3.63) is 23.2 Å². The molecule has 68 valence electrons. The van der Waals surface area contributed by atoms with Crippen molar-refractivity contribution < 1.29 is 13.5 Å². The maximum Gasteiger partial charge on any atom is 0.426 e. The second-order valence-corrected chi connectivity index (χ2v) is 3.86. The van der Waals surface area contributed by atoms with Gasteiger partial charge < -0.3 is 5.11 Å². The number of diazo groups is 1. The summed E-state index contributed by atoms with van der Waals surface area (Å²) < 4.78 is 21.5. The Labute approximate surface area is 74.3 Å². The Morgan fingerprint density at radius 2 is 2.08 bits per heavy atom. The van der Waals surface area contributed by atoms with Crippen molar-refractivity contribution in [1.82, 2.24) is 0 Å². The van der Waals surface area contributed by atoms with E-state index in [1.165, 1.54) is 0 Å². The van der Waals surface area contributed by atoms with E-state index in [9.17, 15) is 8.42 Å². The topological polar surface area (TPSA) is 109 Å². The molecule has 0 saturated carbocycles. The van der Waals surface area contributed by atoms with E-state index in [2.05, 4.69) is 4.98 Å². The molecule has 0 aliphatic rings. The van der Waals surface area contributed by atoms with Crippen molar-refractivity contribution in [2.45, 2.75) is 4.90 Å². The molecule has 7 heteroatoms. The molecule has 13 heavy (non-hydrogen) atoms. The van der Waals surface area contributed by atoms with E-state index in [4.69, 9.17) is 15.6 Å². The van der Waals surface area contributed by atoms with Gasteiger partial charge >= 0.3 is 5.69 Å². The van der Waals surface area contributed by atoms with Crippen molar-refractivity contribution in [3.63, 3.8) is 0 Å². The molecule has 0 spiro atoms. The van der Waals surface area contributed by atoms with Crippen LogP contribution in [-0.4, -0.2) is 13.5 Å². The number of phenols is 1. The largest absolute Gasteiger partial charge is 0.501 e. The lowest BCUT2D eigenvalue weighted by Crippen LogP contribution is -2.11. The molecule has 0 amide bonds. The van der Waals surface area contributed by atoms with Gasteiger partial charge in [0.05, 0.1) is 4.90 Å². The van der Waals surface area contributed by atoms with E-state index in [0.29, 0.717) is 0 Å². The number of nitrogens with zero attached hydrogens (tertiary/aromatic N) is 2. The molecular formula is C6H6N3O3S+. The lowest BCUT2D eigenvalue weighted by molar-refractivity contribution is 0.476. The van der Waals surface area contributed by atoms with Gasteiger partial charge in [-0.2, -0.15) is 0 Å². The van der Waals surface area contributed by atoms with Crippen LogP contribution in [0.15, 0.2) is 23.1 Å². The zero-order chi connectivity index (χ0) is 10.1. The summed E-state index contributed by atoms with van der Waals surface area (Å²) in [5.41, 5.74) is -0.118. The number of phenolic OH excluding ortho intramolecular Hbond substituents is 1. The molecule has 0 aromatic heterocycles. The van der Waals surface area contributed by atoms with Crippen LogP contribution < -0.4 is 5.14 Å². The molecule has 0 saturated heterocycles. The molecule has 0 fully saturated rings. The fourth-order valence-electron chi connectivity index (χ4n) is 0.765. The Bertz CT molecular complexity index is 474. The molecule has 0 aliphatic heterocycles. The molecule has 0 aliphatic carbocycles. The summed E-state index contributed by atoms with van der Waals surface area (Å²) >= 11 is 0. The second-order valence-electron chi connectivity index (χ2n) is 2.30. The van der Waals surface area contributed by atoms with Crippen LogP contribution in [0.4, 0.5) is 5.69 Å². The summed E-state index contributed by atoms with van der Waals surface area (Å²) in [6.07, 6.45) is 0. The highest BCUT2D eigenvalue weighted by Gasteiger charge is 2.17. The van der Waals surface area contributed by atoms with Gasteiger partial charge in [-0.25, -0.2) is 13.6 Å². The molecule has 1 rings (SSSR count). The summed E-state index contributed by atoms with van der Waals surface area (Å²) in [4.78, 5) is 2.47. The average molecular weight is 200 g/mol. The van der Waals surface area contributed by atoms with Crippen molar-refractivity contribution >= 4 is 15.7 Å². The van der Waals surface area contributed by atoms with E-state index in [-0.39, 0.29) is 10.6 Å². The van der Waals surface area contributed by atoms with Crippen LogP contribution in [0.5, 0.6) is 5.75 Å². The van der Waals surface area contributed by atoms with E-state index >= 15 is 0 Å². The molecule has 6 nitrogen and oxygen atoms in total. The van der Waals surface area contributed by atoms with Gasteiger partial charge in [0.2, 0.25) is 21.2 Å². The molecule has 0 radical (unpaired) electrons. The Balaban J connectivity index is 3.36. The lowest BCUT2D eigenvalue weighted by atomic mass is 10.3. The first-order valence-electron chi connectivity index (χ1n) is 3.16. The Morgan fingerprint density at radius 3 is 2.46 bits per heavy atom. The minimum absolute atomic E-state index is 0.118. The van der Waals surface area contributed by atoms with Crippen LogP contribution in [0, 0.1) is 5.39 Å². The summed E-state index contributed by atoms with van der Waals surface area (Å²) in [6.45, 7) is 0. The molecule has 1 aromatic rings. The first-order chi connectivity index (χ1) is 5.95. The van der Waals surface area contributed by atoms with E-state index in [1.807, 2.05) is 0 Å². The summed E-state index contributed by atoms with van der Waals surface area (Å²) in [5.74, 6) is -0.450. The van der Waals surface area contributed by atoms with Crippen LogP contribution in [0.3, 0.4) is 0 Å². The Hall–Kier alpha value is -1.65. The van der Waals surface area contributed by atoms with E-state index in [1.54, 1.807) is 0 Å². The molecule has 0 bridgehead atoms. The van der Waals surface area contributed by atoms with Gasteiger partial charge in [0, 0.05) is 12.1 Å². The summed E-state index contributed by atoms with van der Waals surface area (Å²) in [6, 6.07) is 3.17. The highest BCUT2D eigenvalue weighted by Crippen LogP contribution is 2.28. The van der Waals surface area contributed by atoms with Gasteiger partial charge in [0.25, 0.3) is 0 Å². The third kappa shape index (κ3) is 1.93. The second kappa shape index (κ2) is 3.01. The highest BCUT2D eigenvalue weighted by atomic mass is 32.2. The van der Waals surface area contributed by atoms with Crippen molar-refractivity contribution in [2.75, 3.05) is 0 Å². The predicted octanol–water partition coefficient (Wildman–Crippen LogP) is 0.524. The van der Waals surface area contributed by atoms with Crippen molar-refractivity contribution in [1.29, 1.82) is 5.39 Å². The van der Waals surface area contributed by atoms with Crippen LogP contribution in [0.1, 0.15) is 0 Å². The molecule has 0 unspecified atom stereocenters. The van der Waals surface area contributed by atoms with Gasteiger partial charge in [0.15, 0.2) is 4.98 Å². The first-order valence-corrected chi connectivity index (χ1v) is 4.70. The molecular weight excluding hydrogens is 194 g/mol. The Morgan fingerprint density at radius 1 is 1.46 bits per heavy atom. The van der Waals surface area contributed by atoms with Crippen LogP contribution in [-0.2, 0) is 10.0 Å². The zero-order valence-electron chi connectivity index (χ0n) is 6.38. The van der Waals surface area contributed by atoms with Gasteiger partial charge in [-0.3, -0.25) is 0 Å². The average Bonchev–Trinajstić information content (AvgIpc) is 2.02. The fraction of sp³-hybridized carbons (Fsp3) is 0. The van der Waals surface area contributed by atoms with Crippen LogP contribution in [0.2, 0.25) is 0 Å². The van der Waals surface area contributed by atoms with Crippen molar-refractivity contribution in [3.8, 4) is 5.75 Å². The maximum atomic E-state index is 10.8. The minimum Gasteiger partial charge on any atom is -0.501 e. The highest BCUT2D eigenvalue weighted by molar-refractivity contribution is 7.89. The number of primary sulfonamides is 1. The predicted molar refractivity (Wildman–Crippen MR) is 44.2 cm³/mol. The first kappa shape index (κ1) is 9.44. The Kier molecular flexibility index (Phi) is 2.18. The fourth-order valence-corrected chi connectivity index (χ4v) is 1.30.